The van der Waals surface area contributed by atoms with Crippen LogP contribution >= 0.6 is 0 Å². The second-order valence-electron chi connectivity index (χ2n) is 4.64. The van der Waals surface area contributed by atoms with Crippen molar-refractivity contribution >= 4 is 5.91 Å². The SMILES string of the molecule is COc1ccc(F)cc1C(=O)NCCCC(C)C. The van der Waals surface area contributed by atoms with Crippen LogP contribution in [0.2, 0.25) is 0 Å². The van der Waals surface area contributed by atoms with Crippen LogP contribution in [0.3, 0.4) is 0 Å². The summed E-state index contributed by atoms with van der Waals surface area (Å²) in [4.78, 5) is 11.9. The van der Waals surface area contributed by atoms with Crippen molar-refractivity contribution in [2.45, 2.75) is 26.7 Å². The van der Waals surface area contributed by atoms with Crippen LogP contribution in [0.25, 0.3) is 0 Å². The number of amides is 1. The zero-order valence-corrected chi connectivity index (χ0v) is 11.1. The van der Waals surface area contributed by atoms with Gasteiger partial charge in [0.25, 0.3) is 5.91 Å². The lowest BCUT2D eigenvalue weighted by Gasteiger charge is -2.10. The summed E-state index contributed by atoms with van der Waals surface area (Å²) in [6.45, 7) is 4.87. The molecule has 0 spiro atoms. The van der Waals surface area contributed by atoms with Crippen molar-refractivity contribution in [1.29, 1.82) is 0 Å². The molecule has 0 aromatic heterocycles. The summed E-state index contributed by atoms with van der Waals surface area (Å²) in [5.74, 6) is 0.265. The Morgan fingerprint density at radius 3 is 2.78 bits per heavy atom. The van der Waals surface area contributed by atoms with Gasteiger partial charge in [-0.25, -0.2) is 4.39 Å². The minimum atomic E-state index is -0.442. The Morgan fingerprint density at radius 2 is 2.17 bits per heavy atom. The highest BCUT2D eigenvalue weighted by Gasteiger charge is 2.12. The molecule has 1 N–H and O–H groups in total. The molecule has 1 aromatic rings. The second-order valence-corrected chi connectivity index (χ2v) is 4.64. The highest BCUT2D eigenvalue weighted by molar-refractivity contribution is 5.96. The normalized spacial score (nSPS) is 10.5. The summed E-state index contributed by atoms with van der Waals surface area (Å²) in [7, 11) is 1.46. The molecule has 4 heteroatoms. The number of carbonyl (C=O) groups excluding carboxylic acids is 1. The molecule has 1 rings (SSSR count). The van der Waals surface area contributed by atoms with Crippen molar-refractivity contribution < 1.29 is 13.9 Å². The van der Waals surface area contributed by atoms with Gasteiger partial charge >= 0.3 is 0 Å². The van der Waals surface area contributed by atoms with Gasteiger partial charge in [-0.15, -0.1) is 0 Å². The van der Waals surface area contributed by atoms with Crippen molar-refractivity contribution in [1.82, 2.24) is 5.32 Å². The molecule has 1 aromatic carbocycles. The predicted molar refractivity (Wildman–Crippen MR) is 69.4 cm³/mol. The van der Waals surface area contributed by atoms with Crippen LogP contribution in [0.15, 0.2) is 18.2 Å². The predicted octanol–water partition coefficient (Wildman–Crippen LogP) is 3.00. The van der Waals surface area contributed by atoms with E-state index in [9.17, 15) is 9.18 Å². The molecule has 1 amide bonds. The molecule has 0 aliphatic carbocycles. The van der Waals surface area contributed by atoms with E-state index in [1.165, 1.54) is 25.3 Å². The Morgan fingerprint density at radius 1 is 1.44 bits per heavy atom. The van der Waals surface area contributed by atoms with Gasteiger partial charge in [0.15, 0.2) is 0 Å². The van der Waals surface area contributed by atoms with Crippen molar-refractivity contribution in [3.8, 4) is 5.75 Å². The molecule has 0 heterocycles. The van der Waals surface area contributed by atoms with Crippen molar-refractivity contribution in [3.05, 3.63) is 29.6 Å². The molecule has 18 heavy (non-hydrogen) atoms. The lowest BCUT2D eigenvalue weighted by molar-refractivity contribution is 0.0949. The number of carbonyl (C=O) groups is 1. The fraction of sp³-hybridized carbons (Fsp3) is 0.500. The Kier molecular flexibility index (Phi) is 5.62. The number of rotatable bonds is 6. The van der Waals surface area contributed by atoms with Crippen molar-refractivity contribution in [2.75, 3.05) is 13.7 Å². The molecule has 0 fully saturated rings. The van der Waals surface area contributed by atoms with Gasteiger partial charge in [-0.1, -0.05) is 13.8 Å². The number of ether oxygens (including phenoxy) is 1. The number of hydrogen-bond donors (Lipinski definition) is 1. The van der Waals surface area contributed by atoms with Gasteiger partial charge in [-0.2, -0.15) is 0 Å². The average Bonchev–Trinajstić information content (AvgIpc) is 2.34. The van der Waals surface area contributed by atoms with Gasteiger partial charge in [0.05, 0.1) is 12.7 Å². The van der Waals surface area contributed by atoms with Gasteiger partial charge in [0.2, 0.25) is 0 Å². The first kappa shape index (κ1) is 14.5. The van der Waals surface area contributed by atoms with Crippen LogP contribution < -0.4 is 10.1 Å². The van der Waals surface area contributed by atoms with Gasteiger partial charge in [-0.05, 0) is 37.0 Å². The standard InChI is InChI=1S/C14H20FNO2/c1-10(2)5-4-8-16-14(17)12-9-11(15)6-7-13(12)18-3/h6-7,9-10H,4-5,8H2,1-3H3,(H,16,17). The van der Waals surface area contributed by atoms with E-state index in [1.54, 1.807) is 0 Å². The highest BCUT2D eigenvalue weighted by Crippen LogP contribution is 2.19. The molecule has 3 nitrogen and oxygen atoms in total. The molecule has 0 saturated heterocycles. The fourth-order valence-electron chi connectivity index (χ4n) is 1.67. The van der Waals surface area contributed by atoms with Crippen LogP contribution in [-0.4, -0.2) is 19.6 Å². The maximum atomic E-state index is 13.1. The summed E-state index contributed by atoms with van der Waals surface area (Å²) in [6, 6.07) is 3.92. The van der Waals surface area contributed by atoms with Gasteiger partial charge in [-0.3, -0.25) is 4.79 Å². The molecule has 0 atom stereocenters. The van der Waals surface area contributed by atoms with Crippen LogP contribution in [0.5, 0.6) is 5.75 Å². The zero-order chi connectivity index (χ0) is 13.5. The molecule has 0 aliphatic rings. The summed E-state index contributed by atoms with van der Waals surface area (Å²) in [6.07, 6.45) is 1.97. The molecule has 0 saturated carbocycles. The number of benzene rings is 1. The van der Waals surface area contributed by atoms with Crippen LogP contribution in [0, 0.1) is 11.7 Å². The molecule has 0 bridgehead atoms. The first-order valence-corrected chi connectivity index (χ1v) is 6.16. The fourth-order valence-corrected chi connectivity index (χ4v) is 1.67. The summed E-state index contributed by atoms with van der Waals surface area (Å²) in [5, 5.41) is 2.77. The third-order valence-corrected chi connectivity index (χ3v) is 2.65. The van der Waals surface area contributed by atoms with E-state index < -0.39 is 5.82 Å². The van der Waals surface area contributed by atoms with Crippen LogP contribution in [-0.2, 0) is 0 Å². The van der Waals surface area contributed by atoms with Gasteiger partial charge < -0.3 is 10.1 Å². The molecule has 0 radical (unpaired) electrons. The topological polar surface area (TPSA) is 38.3 Å². The van der Waals surface area contributed by atoms with E-state index in [-0.39, 0.29) is 11.5 Å². The van der Waals surface area contributed by atoms with E-state index in [2.05, 4.69) is 19.2 Å². The summed E-state index contributed by atoms with van der Waals surface area (Å²) in [5.41, 5.74) is 0.238. The number of hydrogen-bond acceptors (Lipinski definition) is 2. The Labute approximate surface area is 107 Å². The van der Waals surface area contributed by atoms with E-state index >= 15 is 0 Å². The maximum Gasteiger partial charge on any atom is 0.255 e. The van der Waals surface area contributed by atoms with E-state index in [0.717, 1.165) is 12.8 Å². The molecular formula is C14H20FNO2. The number of nitrogens with one attached hydrogen (secondary N) is 1. The largest absolute Gasteiger partial charge is 0.496 e. The Hall–Kier alpha value is -1.58. The molecule has 0 unspecified atom stereocenters. The Balaban J connectivity index is 2.58. The van der Waals surface area contributed by atoms with Gasteiger partial charge in [0.1, 0.15) is 11.6 Å². The second kappa shape index (κ2) is 6.99. The summed E-state index contributed by atoms with van der Waals surface area (Å²) < 4.78 is 18.1. The zero-order valence-electron chi connectivity index (χ0n) is 11.1. The summed E-state index contributed by atoms with van der Waals surface area (Å²) >= 11 is 0. The molecule has 0 aliphatic heterocycles. The lowest BCUT2D eigenvalue weighted by atomic mass is 10.1. The third-order valence-electron chi connectivity index (χ3n) is 2.65. The molecular weight excluding hydrogens is 233 g/mol. The number of halogens is 1. The van der Waals surface area contributed by atoms with E-state index in [0.29, 0.717) is 18.2 Å². The van der Waals surface area contributed by atoms with Crippen LogP contribution in [0.1, 0.15) is 37.0 Å². The third kappa shape index (κ3) is 4.35. The van der Waals surface area contributed by atoms with Crippen molar-refractivity contribution in [2.24, 2.45) is 5.92 Å². The van der Waals surface area contributed by atoms with E-state index in [1.807, 2.05) is 0 Å². The lowest BCUT2D eigenvalue weighted by Crippen LogP contribution is -2.25. The molecule has 100 valence electrons. The highest BCUT2D eigenvalue weighted by atomic mass is 19.1. The number of methoxy groups -OCH3 is 1. The Bertz CT molecular complexity index is 405. The quantitative estimate of drug-likeness (QED) is 0.791. The van der Waals surface area contributed by atoms with Crippen LogP contribution in [0.4, 0.5) is 4.39 Å². The maximum absolute atomic E-state index is 13.1. The van der Waals surface area contributed by atoms with Gasteiger partial charge in [0, 0.05) is 6.54 Å². The average molecular weight is 253 g/mol. The van der Waals surface area contributed by atoms with Crippen molar-refractivity contribution in [3.63, 3.8) is 0 Å². The monoisotopic (exact) mass is 253 g/mol. The smallest absolute Gasteiger partial charge is 0.255 e. The minimum absolute atomic E-state index is 0.238. The van der Waals surface area contributed by atoms with E-state index in [4.69, 9.17) is 4.74 Å². The first-order chi connectivity index (χ1) is 8.54. The minimum Gasteiger partial charge on any atom is -0.496 e. The first-order valence-electron chi connectivity index (χ1n) is 6.16.